The van der Waals surface area contributed by atoms with E-state index in [0.717, 1.165) is 17.7 Å². The standard InChI is InChI=1S/C16H17N3O2/c17-12-6-3-5-11(16(18)20)15(12)19-13-8-9-21-14-7-2-1-4-10(13)14/h1-7,13,19H,8-9,17H2,(H2,18,20). The number of primary amides is 1. The molecular formula is C16H17N3O2. The zero-order valence-corrected chi connectivity index (χ0v) is 11.5. The molecule has 1 unspecified atom stereocenters. The fourth-order valence-corrected chi connectivity index (χ4v) is 2.60. The number of benzene rings is 2. The molecule has 1 aliphatic heterocycles. The lowest BCUT2D eigenvalue weighted by Gasteiger charge is -2.28. The lowest BCUT2D eigenvalue weighted by Crippen LogP contribution is -2.23. The Morgan fingerprint density at radius 3 is 2.81 bits per heavy atom. The number of ether oxygens (including phenoxy) is 1. The molecule has 5 N–H and O–H groups in total. The van der Waals surface area contributed by atoms with Gasteiger partial charge in [-0.15, -0.1) is 0 Å². The van der Waals surface area contributed by atoms with Crippen molar-refractivity contribution in [2.45, 2.75) is 12.5 Å². The number of fused-ring (bicyclic) bond motifs is 1. The highest BCUT2D eigenvalue weighted by Gasteiger charge is 2.23. The molecule has 1 aliphatic rings. The van der Waals surface area contributed by atoms with E-state index in [0.29, 0.717) is 23.5 Å². The third-order valence-corrected chi connectivity index (χ3v) is 3.64. The van der Waals surface area contributed by atoms with E-state index in [2.05, 4.69) is 5.32 Å². The van der Waals surface area contributed by atoms with Crippen LogP contribution in [0.1, 0.15) is 28.4 Å². The summed E-state index contributed by atoms with van der Waals surface area (Å²) in [6, 6.07) is 13.0. The lowest BCUT2D eigenvalue weighted by atomic mass is 9.99. The number of nitrogens with two attached hydrogens (primary N) is 2. The number of nitrogen functional groups attached to an aromatic ring is 1. The van der Waals surface area contributed by atoms with E-state index in [-0.39, 0.29) is 6.04 Å². The van der Waals surface area contributed by atoms with Crippen molar-refractivity contribution in [3.63, 3.8) is 0 Å². The average Bonchev–Trinajstić information content (AvgIpc) is 2.49. The first-order valence-electron chi connectivity index (χ1n) is 6.83. The maximum absolute atomic E-state index is 11.6. The summed E-state index contributed by atoms with van der Waals surface area (Å²) in [5, 5.41) is 3.35. The summed E-state index contributed by atoms with van der Waals surface area (Å²) in [4.78, 5) is 11.6. The molecule has 0 aliphatic carbocycles. The molecule has 5 nitrogen and oxygen atoms in total. The zero-order chi connectivity index (χ0) is 14.8. The normalized spacial score (nSPS) is 16.7. The Balaban J connectivity index is 1.97. The molecule has 0 radical (unpaired) electrons. The van der Waals surface area contributed by atoms with Crippen LogP contribution in [0.5, 0.6) is 5.75 Å². The highest BCUT2D eigenvalue weighted by atomic mass is 16.5. The first-order valence-corrected chi connectivity index (χ1v) is 6.83. The minimum Gasteiger partial charge on any atom is -0.493 e. The summed E-state index contributed by atoms with van der Waals surface area (Å²) < 4.78 is 5.64. The van der Waals surface area contributed by atoms with Crippen LogP contribution in [0.25, 0.3) is 0 Å². The van der Waals surface area contributed by atoms with Crippen molar-refractivity contribution in [1.82, 2.24) is 0 Å². The molecule has 108 valence electrons. The predicted molar refractivity (Wildman–Crippen MR) is 82.3 cm³/mol. The topological polar surface area (TPSA) is 90.4 Å². The smallest absolute Gasteiger partial charge is 0.250 e. The molecule has 0 spiro atoms. The fourth-order valence-electron chi connectivity index (χ4n) is 2.60. The van der Waals surface area contributed by atoms with E-state index in [1.54, 1.807) is 18.2 Å². The summed E-state index contributed by atoms with van der Waals surface area (Å²) in [5.41, 5.74) is 14.0. The van der Waals surface area contributed by atoms with E-state index in [1.807, 2.05) is 24.3 Å². The number of carbonyl (C=O) groups is 1. The highest BCUT2D eigenvalue weighted by molar-refractivity contribution is 6.01. The van der Waals surface area contributed by atoms with Crippen LogP contribution in [-0.2, 0) is 0 Å². The van der Waals surface area contributed by atoms with Gasteiger partial charge in [-0.05, 0) is 18.2 Å². The molecule has 2 aromatic carbocycles. The van der Waals surface area contributed by atoms with Crippen LogP contribution in [0.3, 0.4) is 0 Å². The zero-order valence-electron chi connectivity index (χ0n) is 11.5. The Hall–Kier alpha value is -2.69. The summed E-state index contributed by atoms with van der Waals surface area (Å²) in [5.74, 6) is 0.363. The van der Waals surface area contributed by atoms with Crippen LogP contribution < -0.4 is 21.5 Å². The van der Waals surface area contributed by atoms with Crippen molar-refractivity contribution < 1.29 is 9.53 Å². The summed E-state index contributed by atoms with van der Waals surface area (Å²) in [7, 11) is 0. The van der Waals surface area contributed by atoms with Crippen LogP contribution >= 0.6 is 0 Å². The van der Waals surface area contributed by atoms with Crippen LogP contribution in [0, 0.1) is 0 Å². The second-order valence-electron chi connectivity index (χ2n) is 5.01. The average molecular weight is 283 g/mol. The van der Waals surface area contributed by atoms with Gasteiger partial charge in [0.2, 0.25) is 0 Å². The number of rotatable bonds is 3. The summed E-state index contributed by atoms with van der Waals surface area (Å²) in [6.07, 6.45) is 0.795. The fraction of sp³-hybridized carbons (Fsp3) is 0.188. The maximum Gasteiger partial charge on any atom is 0.250 e. The maximum atomic E-state index is 11.6. The van der Waals surface area contributed by atoms with Gasteiger partial charge < -0.3 is 21.5 Å². The van der Waals surface area contributed by atoms with Crippen LogP contribution in [-0.4, -0.2) is 12.5 Å². The van der Waals surface area contributed by atoms with E-state index < -0.39 is 5.91 Å². The van der Waals surface area contributed by atoms with Gasteiger partial charge in [-0.2, -0.15) is 0 Å². The van der Waals surface area contributed by atoms with Crippen molar-refractivity contribution >= 4 is 17.3 Å². The number of hydrogen-bond acceptors (Lipinski definition) is 4. The molecule has 0 saturated carbocycles. The number of anilines is 2. The first kappa shape index (κ1) is 13.3. The number of nitrogens with one attached hydrogen (secondary N) is 1. The lowest BCUT2D eigenvalue weighted by molar-refractivity contribution is 0.100. The van der Waals surface area contributed by atoms with Crippen LogP contribution in [0.2, 0.25) is 0 Å². The van der Waals surface area contributed by atoms with Gasteiger partial charge in [0.05, 0.1) is 29.6 Å². The quantitative estimate of drug-likeness (QED) is 0.754. The predicted octanol–water partition coefficient (Wildman–Crippen LogP) is 2.30. The van der Waals surface area contributed by atoms with Gasteiger partial charge in [0.1, 0.15) is 5.75 Å². The van der Waals surface area contributed by atoms with Crippen molar-refractivity contribution in [1.29, 1.82) is 0 Å². The minimum atomic E-state index is -0.495. The molecule has 3 rings (SSSR count). The Labute approximate surface area is 122 Å². The Morgan fingerprint density at radius 1 is 1.19 bits per heavy atom. The molecule has 0 fully saturated rings. The van der Waals surface area contributed by atoms with Gasteiger partial charge in [-0.1, -0.05) is 24.3 Å². The van der Waals surface area contributed by atoms with Crippen LogP contribution in [0.4, 0.5) is 11.4 Å². The summed E-state index contributed by atoms with van der Waals surface area (Å²) >= 11 is 0. The third kappa shape index (κ3) is 2.50. The Bertz CT molecular complexity index is 685. The van der Waals surface area contributed by atoms with Gasteiger partial charge in [-0.25, -0.2) is 0 Å². The monoisotopic (exact) mass is 283 g/mol. The number of amides is 1. The van der Waals surface area contributed by atoms with Gasteiger partial charge in [0, 0.05) is 12.0 Å². The van der Waals surface area contributed by atoms with E-state index in [1.165, 1.54) is 0 Å². The molecule has 0 aromatic heterocycles. The Kier molecular flexibility index (Phi) is 3.39. The van der Waals surface area contributed by atoms with Gasteiger partial charge in [0.15, 0.2) is 0 Å². The van der Waals surface area contributed by atoms with E-state index >= 15 is 0 Å². The summed E-state index contributed by atoms with van der Waals surface area (Å²) in [6.45, 7) is 0.618. The third-order valence-electron chi connectivity index (χ3n) is 3.64. The second-order valence-corrected chi connectivity index (χ2v) is 5.01. The SMILES string of the molecule is NC(=O)c1cccc(N)c1NC1CCOc2ccccc21. The van der Waals surface area contributed by atoms with E-state index in [9.17, 15) is 4.79 Å². The van der Waals surface area contributed by atoms with E-state index in [4.69, 9.17) is 16.2 Å². The van der Waals surface area contributed by atoms with Crippen molar-refractivity contribution in [2.24, 2.45) is 5.73 Å². The molecule has 2 aromatic rings. The van der Waals surface area contributed by atoms with Crippen LogP contribution in [0.15, 0.2) is 42.5 Å². The van der Waals surface area contributed by atoms with Gasteiger partial charge in [0.25, 0.3) is 5.91 Å². The number of para-hydroxylation sites is 2. The Morgan fingerprint density at radius 2 is 2.00 bits per heavy atom. The number of hydrogen-bond donors (Lipinski definition) is 3. The molecule has 1 amide bonds. The van der Waals surface area contributed by atoms with Gasteiger partial charge >= 0.3 is 0 Å². The molecule has 5 heteroatoms. The molecule has 1 heterocycles. The van der Waals surface area contributed by atoms with Crippen molar-refractivity contribution in [3.05, 3.63) is 53.6 Å². The number of carbonyl (C=O) groups excluding carboxylic acids is 1. The molecule has 0 saturated heterocycles. The molecule has 0 bridgehead atoms. The highest BCUT2D eigenvalue weighted by Crippen LogP contribution is 2.36. The largest absolute Gasteiger partial charge is 0.493 e. The second kappa shape index (κ2) is 5.36. The minimum absolute atomic E-state index is 0.0396. The van der Waals surface area contributed by atoms with Crippen molar-refractivity contribution in [3.8, 4) is 5.75 Å². The molecule has 1 atom stereocenters. The first-order chi connectivity index (χ1) is 10.2. The molecule has 21 heavy (non-hydrogen) atoms. The van der Waals surface area contributed by atoms with Crippen molar-refractivity contribution in [2.75, 3.05) is 17.7 Å². The van der Waals surface area contributed by atoms with Gasteiger partial charge in [-0.3, -0.25) is 4.79 Å². The molecular weight excluding hydrogens is 266 g/mol.